The molecule has 1 aromatic carbocycles. The van der Waals surface area contributed by atoms with E-state index in [1.807, 2.05) is 12.1 Å². The molecule has 1 aliphatic heterocycles. The van der Waals surface area contributed by atoms with E-state index < -0.39 is 12.1 Å². The normalized spacial score (nSPS) is 21.8. The van der Waals surface area contributed by atoms with Crippen LogP contribution in [0.2, 0.25) is 0 Å². The van der Waals surface area contributed by atoms with Gasteiger partial charge in [0.25, 0.3) is 0 Å². The summed E-state index contributed by atoms with van der Waals surface area (Å²) in [6.45, 7) is 2.09. The Kier molecular flexibility index (Phi) is 4.61. The van der Waals surface area contributed by atoms with E-state index in [-0.39, 0.29) is 6.10 Å². The minimum absolute atomic E-state index is 0.326. The molecule has 1 N–H and O–H groups in total. The highest BCUT2D eigenvalue weighted by atomic mass is 79.9. The molecule has 4 nitrogen and oxygen atoms in total. The highest BCUT2D eigenvalue weighted by molar-refractivity contribution is 9.10. The molecule has 5 heteroatoms. The maximum absolute atomic E-state index is 11.2. The molecular formula is C14H15BrO4. The maximum Gasteiger partial charge on any atom is 0.330 e. The molecule has 1 aliphatic rings. The van der Waals surface area contributed by atoms with Crippen LogP contribution in [0.1, 0.15) is 25.0 Å². The first-order valence-corrected chi connectivity index (χ1v) is 6.88. The van der Waals surface area contributed by atoms with E-state index in [0.29, 0.717) is 18.8 Å². The molecular weight excluding hydrogens is 312 g/mol. The van der Waals surface area contributed by atoms with Crippen LogP contribution in [0.4, 0.5) is 0 Å². The third kappa shape index (κ3) is 3.58. The highest BCUT2D eigenvalue weighted by Crippen LogP contribution is 2.36. The van der Waals surface area contributed by atoms with Crippen LogP contribution in [-0.2, 0) is 9.53 Å². The first kappa shape index (κ1) is 14.1. The topological polar surface area (TPSA) is 55.8 Å². The molecule has 0 aliphatic carbocycles. The van der Waals surface area contributed by atoms with Crippen LogP contribution in [0.15, 0.2) is 34.8 Å². The third-order valence-electron chi connectivity index (χ3n) is 2.80. The maximum atomic E-state index is 11.2. The Morgan fingerprint density at radius 3 is 3.16 bits per heavy atom. The fourth-order valence-electron chi connectivity index (χ4n) is 1.94. The molecule has 0 spiro atoms. The molecule has 0 radical (unpaired) electrons. The Balaban J connectivity index is 2.08. The molecule has 102 valence electrons. The zero-order valence-corrected chi connectivity index (χ0v) is 12.1. The number of ether oxygens (including phenoxy) is 2. The summed E-state index contributed by atoms with van der Waals surface area (Å²) in [6, 6.07) is 5.49. The van der Waals surface area contributed by atoms with Gasteiger partial charge in [0.05, 0.1) is 12.7 Å². The van der Waals surface area contributed by atoms with Gasteiger partial charge in [-0.15, -0.1) is 0 Å². The number of benzene rings is 1. The first-order valence-electron chi connectivity index (χ1n) is 6.09. The summed E-state index contributed by atoms with van der Waals surface area (Å²) >= 11 is 3.36. The van der Waals surface area contributed by atoms with Crippen molar-refractivity contribution in [3.05, 3.63) is 40.4 Å². The monoisotopic (exact) mass is 326 g/mol. The number of aliphatic hydroxyl groups is 1. The van der Waals surface area contributed by atoms with Crippen LogP contribution in [0.3, 0.4) is 0 Å². The van der Waals surface area contributed by atoms with Gasteiger partial charge in [-0.3, -0.25) is 0 Å². The summed E-state index contributed by atoms with van der Waals surface area (Å²) in [4.78, 5) is 11.2. The minimum atomic E-state index is -0.599. The number of aliphatic hydroxyl groups excluding tert-OH is 1. The van der Waals surface area contributed by atoms with Crippen molar-refractivity contribution in [3.63, 3.8) is 0 Å². The van der Waals surface area contributed by atoms with Gasteiger partial charge < -0.3 is 14.6 Å². The van der Waals surface area contributed by atoms with Crippen LogP contribution < -0.4 is 4.74 Å². The summed E-state index contributed by atoms with van der Waals surface area (Å²) in [7, 11) is 0. The second-order valence-electron chi connectivity index (χ2n) is 4.20. The van der Waals surface area contributed by atoms with Gasteiger partial charge in [0.1, 0.15) is 11.9 Å². The predicted octanol–water partition coefficient (Wildman–Crippen LogP) is 2.75. The Hall–Kier alpha value is -1.33. The number of carbonyl (C=O) groups excluding carboxylic acids is 1. The molecule has 0 amide bonds. The average molecular weight is 327 g/mol. The van der Waals surface area contributed by atoms with E-state index in [2.05, 4.69) is 15.9 Å². The SMILES string of the molecule is CCOC(=O)/C=C/C1CC(O)c2cc(Br)ccc2O1. The van der Waals surface area contributed by atoms with Gasteiger partial charge in [-0.05, 0) is 31.2 Å². The molecule has 19 heavy (non-hydrogen) atoms. The van der Waals surface area contributed by atoms with Crippen LogP contribution in [-0.4, -0.2) is 23.8 Å². The summed E-state index contributed by atoms with van der Waals surface area (Å²) in [5.74, 6) is 0.239. The number of rotatable bonds is 3. The Bertz CT molecular complexity index is 498. The predicted molar refractivity (Wildman–Crippen MR) is 73.9 cm³/mol. The quantitative estimate of drug-likeness (QED) is 0.685. The van der Waals surface area contributed by atoms with Gasteiger partial charge in [-0.25, -0.2) is 4.79 Å². The van der Waals surface area contributed by atoms with Gasteiger partial charge >= 0.3 is 5.97 Å². The second kappa shape index (κ2) is 6.21. The van der Waals surface area contributed by atoms with Crippen molar-refractivity contribution in [1.82, 2.24) is 0 Å². The molecule has 0 saturated carbocycles. The zero-order valence-electron chi connectivity index (χ0n) is 10.5. The summed E-state index contributed by atoms with van der Waals surface area (Å²) < 4.78 is 11.4. The van der Waals surface area contributed by atoms with Crippen LogP contribution in [0, 0.1) is 0 Å². The highest BCUT2D eigenvalue weighted by Gasteiger charge is 2.25. The molecule has 2 unspecified atom stereocenters. The molecule has 1 heterocycles. The van der Waals surface area contributed by atoms with Crippen LogP contribution >= 0.6 is 15.9 Å². The van der Waals surface area contributed by atoms with Crippen molar-refractivity contribution in [1.29, 1.82) is 0 Å². The lowest BCUT2D eigenvalue weighted by molar-refractivity contribution is -0.137. The Morgan fingerprint density at radius 2 is 2.42 bits per heavy atom. The van der Waals surface area contributed by atoms with Gasteiger partial charge in [0.15, 0.2) is 0 Å². The van der Waals surface area contributed by atoms with Gasteiger partial charge in [-0.1, -0.05) is 15.9 Å². The number of hydrogen-bond donors (Lipinski definition) is 1. The first-order chi connectivity index (χ1) is 9.10. The molecule has 2 atom stereocenters. The zero-order chi connectivity index (χ0) is 13.8. The molecule has 0 saturated heterocycles. The smallest absolute Gasteiger partial charge is 0.330 e. The Labute approximate surface area is 120 Å². The average Bonchev–Trinajstić information content (AvgIpc) is 2.38. The van der Waals surface area contributed by atoms with Crippen LogP contribution in [0.5, 0.6) is 5.75 Å². The summed E-state index contributed by atoms with van der Waals surface area (Å²) in [5.41, 5.74) is 0.759. The third-order valence-corrected chi connectivity index (χ3v) is 3.29. The van der Waals surface area contributed by atoms with Gasteiger partial charge in [0.2, 0.25) is 0 Å². The standard InChI is InChI=1S/C14H15BrO4/c1-2-18-14(17)6-4-10-8-12(16)11-7-9(15)3-5-13(11)19-10/h3-7,10,12,16H,2,8H2,1H3/b6-4+. The van der Waals surface area contributed by atoms with Crippen molar-refractivity contribution in [2.24, 2.45) is 0 Å². The molecule has 2 rings (SSSR count). The Morgan fingerprint density at radius 1 is 1.63 bits per heavy atom. The van der Waals surface area contributed by atoms with E-state index in [9.17, 15) is 9.90 Å². The summed E-state index contributed by atoms with van der Waals surface area (Å²) in [5, 5.41) is 10.1. The van der Waals surface area contributed by atoms with Gasteiger partial charge in [0, 0.05) is 22.5 Å². The van der Waals surface area contributed by atoms with Crippen molar-refractivity contribution in [3.8, 4) is 5.75 Å². The largest absolute Gasteiger partial charge is 0.486 e. The van der Waals surface area contributed by atoms with E-state index in [1.165, 1.54) is 6.08 Å². The van der Waals surface area contributed by atoms with Crippen LogP contribution in [0.25, 0.3) is 0 Å². The fourth-order valence-corrected chi connectivity index (χ4v) is 2.32. The number of carbonyl (C=O) groups is 1. The van der Waals surface area contributed by atoms with Crippen molar-refractivity contribution >= 4 is 21.9 Å². The molecule has 0 aromatic heterocycles. The lowest BCUT2D eigenvalue weighted by atomic mass is 9.99. The van der Waals surface area contributed by atoms with E-state index >= 15 is 0 Å². The fraction of sp³-hybridized carbons (Fsp3) is 0.357. The molecule has 0 fully saturated rings. The number of fused-ring (bicyclic) bond motifs is 1. The summed E-state index contributed by atoms with van der Waals surface area (Å²) in [6.07, 6.45) is 2.45. The van der Waals surface area contributed by atoms with Crippen molar-refractivity contribution in [2.75, 3.05) is 6.61 Å². The lowest BCUT2D eigenvalue weighted by Gasteiger charge is -2.27. The van der Waals surface area contributed by atoms with E-state index in [0.717, 1.165) is 10.0 Å². The number of halogens is 1. The van der Waals surface area contributed by atoms with E-state index in [4.69, 9.17) is 9.47 Å². The minimum Gasteiger partial charge on any atom is -0.486 e. The second-order valence-corrected chi connectivity index (χ2v) is 5.12. The molecule has 1 aromatic rings. The number of hydrogen-bond acceptors (Lipinski definition) is 4. The van der Waals surface area contributed by atoms with E-state index in [1.54, 1.807) is 19.1 Å². The lowest BCUT2D eigenvalue weighted by Crippen LogP contribution is -2.24. The number of esters is 1. The van der Waals surface area contributed by atoms with Crippen molar-refractivity contribution in [2.45, 2.75) is 25.6 Å². The molecule has 0 bridgehead atoms. The van der Waals surface area contributed by atoms with Gasteiger partial charge in [-0.2, -0.15) is 0 Å². The van der Waals surface area contributed by atoms with Crippen molar-refractivity contribution < 1.29 is 19.4 Å².